The van der Waals surface area contributed by atoms with Gasteiger partial charge < -0.3 is 19.7 Å². The van der Waals surface area contributed by atoms with E-state index in [1.165, 1.54) is 0 Å². The molecule has 1 unspecified atom stereocenters. The van der Waals surface area contributed by atoms with Gasteiger partial charge in [-0.15, -0.1) is 0 Å². The molecule has 2 amide bonds. The third-order valence-electron chi connectivity index (χ3n) is 4.32. The van der Waals surface area contributed by atoms with E-state index < -0.39 is 17.8 Å². The van der Waals surface area contributed by atoms with Crippen LogP contribution in [0.15, 0.2) is 54.6 Å². The fraction of sp³-hybridized carbons (Fsp3) is 0.286. The van der Waals surface area contributed by atoms with Crippen LogP contribution >= 0.6 is 0 Å². The Balaban J connectivity index is 1.51. The minimum atomic E-state index is -0.594. The predicted molar refractivity (Wildman–Crippen MR) is 104 cm³/mol. The minimum absolute atomic E-state index is 0.0619. The summed E-state index contributed by atoms with van der Waals surface area (Å²) in [4.78, 5) is 38.0. The van der Waals surface area contributed by atoms with Crippen molar-refractivity contribution in [3.8, 4) is 5.75 Å². The molecule has 1 saturated heterocycles. The average Bonchev–Trinajstić information content (AvgIpc) is 3.09. The number of hydrogen-bond donors (Lipinski definition) is 1. The summed E-state index contributed by atoms with van der Waals surface area (Å²) in [5.41, 5.74) is 1.33. The Bertz CT molecular complexity index is 836. The molecule has 0 radical (unpaired) electrons. The number of ether oxygens (including phenoxy) is 2. The van der Waals surface area contributed by atoms with Crippen molar-refractivity contribution in [2.75, 3.05) is 30.0 Å². The Kier molecular flexibility index (Phi) is 6.26. The van der Waals surface area contributed by atoms with Crippen molar-refractivity contribution in [2.45, 2.75) is 13.3 Å². The summed E-state index contributed by atoms with van der Waals surface area (Å²) in [6.07, 6.45) is 0.0619. The molecule has 2 aromatic rings. The Labute approximate surface area is 163 Å². The normalized spacial score (nSPS) is 16.0. The summed E-state index contributed by atoms with van der Waals surface area (Å²) < 4.78 is 10.5. The highest BCUT2D eigenvalue weighted by molar-refractivity contribution is 6.00. The average molecular weight is 382 g/mol. The van der Waals surface area contributed by atoms with Gasteiger partial charge in [0.2, 0.25) is 5.91 Å². The smallest absolute Gasteiger partial charge is 0.311 e. The summed E-state index contributed by atoms with van der Waals surface area (Å²) in [5.74, 6) is -1.00. The van der Waals surface area contributed by atoms with Gasteiger partial charge in [0, 0.05) is 24.3 Å². The number of anilines is 2. The molecule has 1 heterocycles. The number of carbonyl (C=O) groups is 3. The van der Waals surface area contributed by atoms with Gasteiger partial charge in [-0.3, -0.25) is 14.4 Å². The summed E-state index contributed by atoms with van der Waals surface area (Å²) in [6, 6.07) is 16.0. The van der Waals surface area contributed by atoms with Gasteiger partial charge in [-0.25, -0.2) is 0 Å². The molecule has 7 nitrogen and oxygen atoms in total. The van der Waals surface area contributed by atoms with Gasteiger partial charge in [0.05, 0.1) is 12.5 Å². The molecule has 2 aromatic carbocycles. The first-order valence-electron chi connectivity index (χ1n) is 9.11. The van der Waals surface area contributed by atoms with Gasteiger partial charge in [0.15, 0.2) is 6.61 Å². The number of hydrogen-bond acceptors (Lipinski definition) is 5. The second-order valence-corrected chi connectivity index (χ2v) is 6.35. The zero-order valence-electron chi connectivity index (χ0n) is 15.6. The van der Waals surface area contributed by atoms with E-state index >= 15 is 0 Å². The second-order valence-electron chi connectivity index (χ2n) is 6.35. The van der Waals surface area contributed by atoms with Crippen LogP contribution in [0.3, 0.4) is 0 Å². The van der Waals surface area contributed by atoms with E-state index in [2.05, 4.69) is 5.32 Å². The lowest BCUT2D eigenvalue weighted by molar-refractivity contribution is -0.151. The van der Waals surface area contributed by atoms with Crippen molar-refractivity contribution in [1.82, 2.24) is 0 Å². The maximum Gasteiger partial charge on any atom is 0.311 e. The third-order valence-corrected chi connectivity index (χ3v) is 4.32. The highest BCUT2D eigenvalue weighted by Crippen LogP contribution is 2.27. The molecule has 28 heavy (non-hydrogen) atoms. The van der Waals surface area contributed by atoms with E-state index in [1.54, 1.807) is 53.4 Å². The van der Waals surface area contributed by atoms with E-state index in [0.717, 1.165) is 5.75 Å². The van der Waals surface area contributed by atoms with Crippen LogP contribution in [0.2, 0.25) is 0 Å². The highest BCUT2D eigenvalue weighted by Gasteiger charge is 2.36. The van der Waals surface area contributed by atoms with Crippen LogP contribution in [-0.4, -0.2) is 37.5 Å². The maximum atomic E-state index is 12.3. The molecule has 3 rings (SSSR count). The molecule has 0 bridgehead atoms. The van der Waals surface area contributed by atoms with Crippen LogP contribution in [-0.2, 0) is 19.1 Å². The molecule has 1 fully saturated rings. The van der Waals surface area contributed by atoms with E-state index in [0.29, 0.717) is 18.0 Å². The standard InChI is InChI=1S/C21H22N2O5/c1-2-27-18-10-8-17(9-11-18)23-13-15(12-20(23)25)21(26)28-14-19(24)22-16-6-4-3-5-7-16/h3-11,15H,2,12-14H2,1H3,(H,22,24). The predicted octanol–water partition coefficient (Wildman–Crippen LogP) is 2.62. The topological polar surface area (TPSA) is 84.9 Å². The molecule has 0 saturated carbocycles. The fourth-order valence-corrected chi connectivity index (χ4v) is 2.98. The number of esters is 1. The number of rotatable bonds is 7. The first kappa shape index (κ1) is 19.4. The first-order valence-corrected chi connectivity index (χ1v) is 9.11. The molecule has 0 spiro atoms. The van der Waals surface area contributed by atoms with Crippen molar-refractivity contribution in [3.63, 3.8) is 0 Å². The van der Waals surface area contributed by atoms with Gasteiger partial charge in [-0.2, -0.15) is 0 Å². The summed E-state index contributed by atoms with van der Waals surface area (Å²) in [7, 11) is 0. The van der Waals surface area contributed by atoms with Gasteiger partial charge in [-0.05, 0) is 43.3 Å². The molecule has 0 aliphatic carbocycles. The first-order chi connectivity index (χ1) is 13.6. The van der Waals surface area contributed by atoms with E-state index in [9.17, 15) is 14.4 Å². The molecule has 1 N–H and O–H groups in total. The summed E-state index contributed by atoms with van der Waals surface area (Å²) in [6.45, 7) is 2.30. The molecule has 0 aromatic heterocycles. The lowest BCUT2D eigenvalue weighted by Gasteiger charge is -2.17. The van der Waals surface area contributed by atoms with Gasteiger partial charge >= 0.3 is 5.97 Å². The Morgan fingerprint density at radius 1 is 1.11 bits per heavy atom. The monoisotopic (exact) mass is 382 g/mol. The number of nitrogens with one attached hydrogen (secondary N) is 1. The van der Waals surface area contributed by atoms with Crippen molar-refractivity contribution in [1.29, 1.82) is 0 Å². The number of carbonyl (C=O) groups excluding carboxylic acids is 3. The number of para-hydroxylation sites is 1. The second kappa shape index (κ2) is 9.03. The molecule has 7 heteroatoms. The van der Waals surface area contributed by atoms with Crippen molar-refractivity contribution in [3.05, 3.63) is 54.6 Å². The minimum Gasteiger partial charge on any atom is -0.494 e. The molecule has 1 atom stereocenters. The lowest BCUT2D eigenvalue weighted by atomic mass is 10.1. The van der Waals surface area contributed by atoms with Crippen LogP contribution in [0.5, 0.6) is 5.75 Å². The van der Waals surface area contributed by atoms with Crippen LogP contribution in [0.25, 0.3) is 0 Å². The van der Waals surface area contributed by atoms with Crippen LogP contribution in [0.4, 0.5) is 11.4 Å². The molecule has 146 valence electrons. The van der Waals surface area contributed by atoms with Crippen molar-refractivity contribution >= 4 is 29.2 Å². The quantitative estimate of drug-likeness (QED) is 0.744. The zero-order chi connectivity index (χ0) is 19.9. The van der Waals surface area contributed by atoms with Gasteiger partial charge in [0.1, 0.15) is 5.75 Å². The Morgan fingerprint density at radius 3 is 2.50 bits per heavy atom. The molecular formula is C21H22N2O5. The van der Waals surface area contributed by atoms with Crippen molar-refractivity contribution < 1.29 is 23.9 Å². The summed E-state index contributed by atoms with van der Waals surface area (Å²) in [5, 5.41) is 2.64. The highest BCUT2D eigenvalue weighted by atomic mass is 16.5. The van der Waals surface area contributed by atoms with Gasteiger partial charge in [0.25, 0.3) is 5.91 Å². The third kappa shape index (κ3) is 4.88. The van der Waals surface area contributed by atoms with Crippen molar-refractivity contribution in [2.24, 2.45) is 5.92 Å². The zero-order valence-corrected chi connectivity index (χ0v) is 15.6. The largest absolute Gasteiger partial charge is 0.494 e. The number of benzene rings is 2. The van der Waals surface area contributed by atoms with Crippen LogP contribution in [0.1, 0.15) is 13.3 Å². The number of nitrogens with zero attached hydrogens (tertiary/aromatic N) is 1. The maximum absolute atomic E-state index is 12.3. The molecule has 1 aliphatic heterocycles. The fourth-order valence-electron chi connectivity index (χ4n) is 2.98. The summed E-state index contributed by atoms with van der Waals surface area (Å²) >= 11 is 0. The SMILES string of the molecule is CCOc1ccc(N2CC(C(=O)OCC(=O)Nc3ccccc3)CC2=O)cc1. The van der Waals surface area contributed by atoms with E-state index in [-0.39, 0.29) is 25.5 Å². The number of amides is 2. The molecular weight excluding hydrogens is 360 g/mol. The van der Waals surface area contributed by atoms with Crippen LogP contribution < -0.4 is 15.0 Å². The Morgan fingerprint density at radius 2 is 1.82 bits per heavy atom. The van der Waals surface area contributed by atoms with Gasteiger partial charge in [-0.1, -0.05) is 18.2 Å². The van der Waals surface area contributed by atoms with E-state index in [4.69, 9.17) is 9.47 Å². The lowest BCUT2D eigenvalue weighted by Crippen LogP contribution is -2.28. The Hall–Kier alpha value is -3.35. The van der Waals surface area contributed by atoms with E-state index in [1.807, 2.05) is 13.0 Å². The van der Waals surface area contributed by atoms with Crippen LogP contribution in [0, 0.1) is 5.92 Å². The molecule has 1 aliphatic rings.